The van der Waals surface area contributed by atoms with E-state index in [2.05, 4.69) is 15.5 Å². The minimum Gasteiger partial charge on any atom is -0.352 e. The monoisotopic (exact) mass is 307 g/mol. The van der Waals surface area contributed by atoms with Crippen LogP contribution in [-0.4, -0.2) is 16.1 Å². The number of hydrogen-bond donors (Lipinski definition) is 2. The van der Waals surface area contributed by atoms with Gasteiger partial charge < -0.3 is 5.32 Å². The van der Waals surface area contributed by atoms with Crippen molar-refractivity contribution >= 4 is 16.7 Å². The summed E-state index contributed by atoms with van der Waals surface area (Å²) in [7, 11) is 0. The fourth-order valence-electron chi connectivity index (χ4n) is 2.52. The highest BCUT2D eigenvalue weighted by atomic mass is 16.1. The van der Waals surface area contributed by atoms with Crippen molar-refractivity contribution in [2.45, 2.75) is 19.9 Å². The van der Waals surface area contributed by atoms with E-state index in [-0.39, 0.29) is 17.9 Å². The van der Waals surface area contributed by atoms with E-state index in [0.29, 0.717) is 23.0 Å². The molecule has 0 fully saturated rings. The number of aryl methyl sites for hydroxylation is 1. The highest BCUT2D eigenvalue weighted by Crippen LogP contribution is 2.13. The molecule has 5 nitrogen and oxygen atoms in total. The molecule has 23 heavy (non-hydrogen) atoms. The first-order valence-electron chi connectivity index (χ1n) is 7.42. The van der Waals surface area contributed by atoms with Crippen LogP contribution in [0.3, 0.4) is 0 Å². The van der Waals surface area contributed by atoms with Crippen molar-refractivity contribution in [1.82, 2.24) is 15.5 Å². The number of rotatable bonds is 4. The number of nitrogens with zero attached hydrogens (tertiary/aromatic N) is 1. The SMILES string of the molecule is Cc1ccccc1CNC(=O)Cc1n[nH]c(=O)c2ccccc12. The summed E-state index contributed by atoms with van der Waals surface area (Å²) >= 11 is 0. The summed E-state index contributed by atoms with van der Waals surface area (Å²) in [6.45, 7) is 2.49. The van der Waals surface area contributed by atoms with Gasteiger partial charge >= 0.3 is 0 Å². The third kappa shape index (κ3) is 3.29. The lowest BCUT2D eigenvalue weighted by atomic mass is 10.1. The Morgan fingerprint density at radius 3 is 2.57 bits per heavy atom. The van der Waals surface area contributed by atoms with E-state index >= 15 is 0 Å². The predicted molar refractivity (Wildman–Crippen MR) is 89.1 cm³/mol. The third-order valence-electron chi connectivity index (χ3n) is 3.84. The van der Waals surface area contributed by atoms with Gasteiger partial charge in [0, 0.05) is 11.9 Å². The highest BCUT2D eigenvalue weighted by Gasteiger charge is 2.10. The molecule has 2 N–H and O–H groups in total. The van der Waals surface area contributed by atoms with E-state index in [0.717, 1.165) is 11.1 Å². The predicted octanol–water partition coefficient (Wildman–Crippen LogP) is 2.09. The minimum atomic E-state index is -0.246. The molecule has 0 saturated carbocycles. The first-order chi connectivity index (χ1) is 11.1. The van der Waals surface area contributed by atoms with E-state index < -0.39 is 0 Å². The molecular weight excluding hydrogens is 290 g/mol. The van der Waals surface area contributed by atoms with Gasteiger partial charge in [-0.2, -0.15) is 5.10 Å². The van der Waals surface area contributed by atoms with Crippen molar-refractivity contribution in [3.05, 3.63) is 75.7 Å². The van der Waals surface area contributed by atoms with Gasteiger partial charge in [-0.25, -0.2) is 5.10 Å². The van der Waals surface area contributed by atoms with Crippen LogP contribution < -0.4 is 10.9 Å². The fraction of sp³-hybridized carbons (Fsp3) is 0.167. The highest BCUT2D eigenvalue weighted by molar-refractivity contribution is 5.88. The van der Waals surface area contributed by atoms with Gasteiger partial charge in [0.25, 0.3) is 5.56 Å². The summed E-state index contributed by atoms with van der Waals surface area (Å²) in [5.74, 6) is -0.127. The Balaban J connectivity index is 1.75. The molecule has 0 radical (unpaired) electrons. The van der Waals surface area contributed by atoms with Gasteiger partial charge in [-0.1, -0.05) is 42.5 Å². The minimum absolute atomic E-state index is 0.127. The number of carbonyl (C=O) groups is 1. The van der Waals surface area contributed by atoms with Crippen LogP contribution in [0.2, 0.25) is 0 Å². The summed E-state index contributed by atoms with van der Waals surface area (Å²) < 4.78 is 0. The summed E-state index contributed by atoms with van der Waals surface area (Å²) in [5.41, 5.74) is 2.55. The lowest BCUT2D eigenvalue weighted by Gasteiger charge is -2.08. The van der Waals surface area contributed by atoms with Gasteiger partial charge in [0.15, 0.2) is 0 Å². The summed E-state index contributed by atoms with van der Waals surface area (Å²) in [6.07, 6.45) is 0.128. The number of amides is 1. The van der Waals surface area contributed by atoms with Gasteiger partial charge in [-0.15, -0.1) is 0 Å². The first-order valence-corrected chi connectivity index (χ1v) is 7.42. The molecule has 116 valence electrons. The zero-order valence-corrected chi connectivity index (χ0v) is 12.8. The molecule has 0 aliphatic rings. The maximum absolute atomic E-state index is 12.2. The Labute approximate surface area is 133 Å². The van der Waals surface area contributed by atoms with Crippen LogP contribution in [0.4, 0.5) is 0 Å². The molecule has 3 rings (SSSR count). The number of H-pyrrole nitrogens is 1. The summed E-state index contributed by atoms with van der Waals surface area (Å²) in [6, 6.07) is 15.1. The number of nitrogens with one attached hydrogen (secondary N) is 2. The van der Waals surface area contributed by atoms with Crippen molar-refractivity contribution in [2.75, 3.05) is 0 Å². The topological polar surface area (TPSA) is 74.8 Å². The smallest absolute Gasteiger partial charge is 0.272 e. The number of aromatic amines is 1. The number of benzene rings is 2. The molecule has 5 heteroatoms. The zero-order valence-electron chi connectivity index (χ0n) is 12.8. The van der Waals surface area contributed by atoms with Crippen LogP contribution in [-0.2, 0) is 17.8 Å². The Morgan fingerprint density at radius 1 is 1.09 bits per heavy atom. The van der Waals surface area contributed by atoms with Crippen LogP contribution in [0.5, 0.6) is 0 Å². The van der Waals surface area contributed by atoms with E-state index in [1.807, 2.05) is 43.3 Å². The van der Waals surface area contributed by atoms with Crippen LogP contribution >= 0.6 is 0 Å². The van der Waals surface area contributed by atoms with Crippen molar-refractivity contribution in [3.63, 3.8) is 0 Å². The maximum atomic E-state index is 12.2. The molecular formula is C18H17N3O2. The lowest BCUT2D eigenvalue weighted by Crippen LogP contribution is -2.26. The van der Waals surface area contributed by atoms with Crippen LogP contribution in [0.25, 0.3) is 10.8 Å². The maximum Gasteiger partial charge on any atom is 0.272 e. The van der Waals surface area contributed by atoms with E-state index in [4.69, 9.17) is 0 Å². The van der Waals surface area contributed by atoms with E-state index in [1.165, 1.54) is 0 Å². The van der Waals surface area contributed by atoms with E-state index in [1.54, 1.807) is 12.1 Å². The average molecular weight is 307 g/mol. The van der Waals surface area contributed by atoms with Gasteiger partial charge in [-0.3, -0.25) is 9.59 Å². The Hall–Kier alpha value is -2.95. The van der Waals surface area contributed by atoms with Crippen LogP contribution in [0.1, 0.15) is 16.8 Å². The van der Waals surface area contributed by atoms with Crippen molar-refractivity contribution < 1.29 is 4.79 Å². The molecule has 0 spiro atoms. The Bertz CT molecular complexity index is 915. The second-order valence-corrected chi connectivity index (χ2v) is 5.42. The number of aromatic nitrogens is 2. The second-order valence-electron chi connectivity index (χ2n) is 5.42. The summed E-state index contributed by atoms with van der Waals surface area (Å²) in [4.78, 5) is 23.9. The quantitative estimate of drug-likeness (QED) is 0.775. The van der Waals surface area contributed by atoms with Gasteiger partial charge in [0.05, 0.1) is 17.5 Å². The lowest BCUT2D eigenvalue weighted by molar-refractivity contribution is -0.120. The molecule has 0 unspecified atom stereocenters. The van der Waals surface area contributed by atoms with Crippen LogP contribution in [0.15, 0.2) is 53.3 Å². The fourth-order valence-corrected chi connectivity index (χ4v) is 2.52. The number of hydrogen-bond acceptors (Lipinski definition) is 3. The van der Waals surface area contributed by atoms with Crippen LogP contribution in [0, 0.1) is 6.92 Å². The molecule has 0 aliphatic carbocycles. The van der Waals surface area contributed by atoms with Crippen molar-refractivity contribution in [2.24, 2.45) is 0 Å². The van der Waals surface area contributed by atoms with Gasteiger partial charge in [0.1, 0.15) is 0 Å². The molecule has 0 bridgehead atoms. The molecule has 1 amide bonds. The molecule has 0 aliphatic heterocycles. The molecule has 0 saturated heterocycles. The van der Waals surface area contributed by atoms with Gasteiger partial charge in [0.2, 0.25) is 5.91 Å². The van der Waals surface area contributed by atoms with Gasteiger partial charge in [-0.05, 0) is 24.1 Å². The first kappa shape index (κ1) is 15.0. The molecule has 0 atom stereocenters. The Kier molecular flexibility index (Phi) is 4.19. The van der Waals surface area contributed by atoms with E-state index in [9.17, 15) is 9.59 Å². The standard InChI is InChI=1S/C18H17N3O2/c1-12-6-2-3-7-13(12)11-19-17(22)10-16-14-8-4-5-9-15(14)18(23)21-20-16/h2-9H,10-11H2,1H3,(H,19,22)(H,21,23). The summed E-state index contributed by atoms with van der Waals surface area (Å²) in [5, 5.41) is 10.6. The number of carbonyl (C=O) groups excluding carboxylic acids is 1. The normalized spacial score (nSPS) is 10.7. The molecule has 1 aromatic heterocycles. The zero-order chi connectivity index (χ0) is 16.2. The second kappa shape index (κ2) is 6.44. The molecule has 1 heterocycles. The van der Waals surface area contributed by atoms with Crippen molar-refractivity contribution in [3.8, 4) is 0 Å². The molecule has 3 aromatic rings. The Morgan fingerprint density at radius 2 is 1.78 bits per heavy atom. The molecule has 2 aromatic carbocycles. The van der Waals surface area contributed by atoms with Crippen molar-refractivity contribution in [1.29, 1.82) is 0 Å². The average Bonchev–Trinajstić information content (AvgIpc) is 2.57. The largest absolute Gasteiger partial charge is 0.352 e. The number of fused-ring (bicyclic) bond motifs is 1. The third-order valence-corrected chi connectivity index (χ3v) is 3.84.